The molecule has 0 fully saturated rings. The second-order valence-corrected chi connectivity index (χ2v) is 5.22. The van der Waals surface area contributed by atoms with Crippen LogP contribution in [-0.2, 0) is 11.0 Å². The van der Waals surface area contributed by atoms with Crippen molar-refractivity contribution in [2.75, 3.05) is 17.2 Å². The molecule has 0 radical (unpaired) electrons. The van der Waals surface area contributed by atoms with Crippen molar-refractivity contribution in [3.8, 4) is 0 Å². The second kappa shape index (κ2) is 7.81. The number of hydrogen-bond acceptors (Lipinski definition) is 4. The Morgan fingerprint density at radius 2 is 1.77 bits per heavy atom. The molecule has 2 rings (SSSR count). The number of nitrogens with one attached hydrogen (secondary N) is 2. The summed E-state index contributed by atoms with van der Waals surface area (Å²) < 4.78 is 50.7. The molecular weight excluding hydrogens is 358 g/mol. The Labute approximate surface area is 145 Å². The number of carbonyl (C=O) groups excluding carboxylic acids is 1. The number of benzene rings is 2. The number of anilines is 2. The highest BCUT2D eigenvalue weighted by atomic mass is 19.4. The van der Waals surface area contributed by atoms with E-state index >= 15 is 0 Å². The van der Waals surface area contributed by atoms with Crippen LogP contribution in [0.2, 0.25) is 0 Å². The van der Waals surface area contributed by atoms with E-state index in [9.17, 15) is 32.5 Å². The average Bonchev–Trinajstić information content (AvgIpc) is 2.56. The highest BCUT2D eigenvalue weighted by Crippen LogP contribution is 2.34. The Hall–Kier alpha value is -3.17. The number of hydrogen-bond donors (Lipinski definition) is 2. The first kappa shape index (κ1) is 19.2. The average molecular weight is 371 g/mol. The summed E-state index contributed by atoms with van der Waals surface area (Å²) in [5, 5.41) is 16.0. The standard InChI is InChI=1S/C16H13F4N3O3/c17-11-2-4-12(5-3-11)22-15(24)7-8-21-13-6-1-10(16(18,19)20)9-14(13)23(25)26/h1-6,9,21H,7-8H2,(H,22,24). The number of halogens is 4. The van der Waals surface area contributed by atoms with Crippen molar-refractivity contribution in [3.05, 3.63) is 64.0 Å². The molecule has 0 aliphatic heterocycles. The monoisotopic (exact) mass is 371 g/mol. The third kappa shape index (κ3) is 5.16. The molecule has 0 atom stereocenters. The minimum atomic E-state index is -4.70. The summed E-state index contributed by atoms with van der Waals surface area (Å²) in [6.07, 6.45) is -4.80. The van der Waals surface area contributed by atoms with Gasteiger partial charge in [-0.1, -0.05) is 0 Å². The molecule has 0 heterocycles. The molecule has 10 heteroatoms. The van der Waals surface area contributed by atoms with Crippen LogP contribution in [0.15, 0.2) is 42.5 Å². The Morgan fingerprint density at radius 1 is 1.12 bits per heavy atom. The summed E-state index contributed by atoms with van der Waals surface area (Å²) in [7, 11) is 0. The number of nitro groups is 1. The van der Waals surface area contributed by atoms with E-state index in [2.05, 4.69) is 10.6 Å². The molecule has 0 bridgehead atoms. The summed E-state index contributed by atoms with van der Waals surface area (Å²) in [4.78, 5) is 21.8. The zero-order valence-corrected chi connectivity index (χ0v) is 13.1. The van der Waals surface area contributed by atoms with Crippen LogP contribution >= 0.6 is 0 Å². The molecule has 2 aromatic carbocycles. The van der Waals surface area contributed by atoms with E-state index < -0.39 is 34.1 Å². The predicted octanol–water partition coefficient (Wildman–Crippen LogP) is 4.19. The smallest absolute Gasteiger partial charge is 0.379 e. The molecule has 1 amide bonds. The van der Waals surface area contributed by atoms with Crippen LogP contribution in [0.25, 0.3) is 0 Å². The maximum Gasteiger partial charge on any atom is 0.416 e. The van der Waals surface area contributed by atoms with Gasteiger partial charge in [-0.3, -0.25) is 14.9 Å². The van der Waals surface area contributed by atoms with Crippen molar-refractivity contribution >= 4 is 23.0 Å². The van der Waals surface area contributed by atoms with Gasteiger partial charge in [-0.25, -0.2) is 4.39 Å². The largest absolute Gasteiger partial charge is 0.416 e. The quantitative estimate of drug-likeness (QED) is 0.453. The zero-order chi connectivity index (χ0) is 19.3. The highest BCUT2D eigenvalue weighted by Gasteiger charge is 2.33. The van der Waals surface area contributed by atoms with Crippen LogP contribution in [0.1, 0.15) is 12.0 Å². The predicted molar refractivity (Wildman–Crippen MR) is 86.2 cm³/mol. The van der Waals surface area contributed by atoms with Gasteiger partial charge in [0, 0.05) is 24.7 Å². The van der Waals surface area contributed by atoms with E-state index in [1.54, 1.807) is 0 Å². The lowest BCUT2D eigenvalue weighted by molar-refractivity contribution is -0.384. The number of nitro benzene ring substituents is 1. The van der Waals surface area contributed by atoms with Crippen molar-refractivity contribution in [2.24, 2.45) is 0 Å². The molecule has 0 unspecified atom stereocenters. The van der Waals surface area contributed by atoms with Crippen molar-refractivity contribution in [3.63, 3.8) is 0 Å². The summed E-state index contributed by atoms with van der Waals surface area (Å²) in [5.74, 6) is -0.905. The van der Waals surface area contributed by atoms with Crippen molar-refractivity contribution in [1.82, 2.24) is 0 Å². The van der Waals surface area contributed by atoms with Crippen LogP contribution in [-0.4, -0.2) is 17.4 Å². The fraction of sp³-hybridized carbons (Fsp3) is 0.188. The maximum absolute atomic E-state index is 12.8. The topological polar surface area (TPSA) is 84.3 Å². The van der Waals surface area contributed by atoms with E-state index in [-0.39, 0.29) is 18.7 Å². The van der Waals surface area contributed by atoms with Gasteiger partial charge in [0.2, 0.25) is 5.91 Å². The summed E-state index contributed by atoms with van der Waals surface area (Å²) >= 11 is 0. The molecule has 138 valence electrons. The number of rotatable bonds is 6. The van der Waals surface area contributed by atoms with Gasteiger partial charge in [0.15, 0.2) is 0 Å². The fourth-order valence-electron chi connectivity index (χ4n) is 2.08. The van der Waals surface area contributed by atoms with Crippen LogP contribution in [0.4, 0.5) is 34.6 Å². The first-order valence-electron chi connectivity index (χ1n) is 7.32. The second-order valence-electron chi connectivity index (χ2n) is 5.22. The first-order valence-corrected chi connectivity index (χ1v) is 7.32. The van der Waals surface area contributed by atoms with Gasteiger partial charge in [0.1, 0.15) is 11.5 Å². The Balaban J connectivity index is 1.97. The van der Waals surface area contributed by atoms with E-state index in [4.69, 9.17) is 0 Å². The third-order valence-electron chi connectivity index (χ3n) is 3.32. The van der Waals surface area contributed by atoms with Gasteiger partial charge in [-0.2, -0.15) is 13.2 Å². The van der Waals surface area contributed by atoms with E-state index in [0.717, 1.165) is 6.07 Å². The van der Waals surface area contributed by atoms with Gasteiger partial charge < -0.3 is 10.6 Å². The normalized spacial score (nSPS) is 11.1. The summed E-state index contributed by atoms with van der Waals surface area (Å²) in [6, 6.07) is 7.15. The fourth-order valence-corrected chi connectivity index (χ4v) is 2.08. The number of carbonyl (C=O) groups is 1. The minimum Gasteiger partial charge on any atom is -0.379 e. The lowest BCUT2D eigenvalue weighted by Gasteiger charge is -2.10. The molecular formula is C16H13F4N3O3. The van der Waals surface area contributed by atoms with Gasteiger partial charge in [-0.15, -0.1) is 0 Å². The van der Waals surface area contributed by atoms with E-state index in [1.807, 2.05) is 0 Å². The van der Waals surface area contributed by atoms with Crippen molar-refractivity contribution < 1.29 is 27.3 Å². The molecule has 0 aliphatic rings. The van der Waals surface area contributed by atoms with Crippen LogP contribution < -0.4 is 10.6 Å². The lowest BCUT2D eigenvalue weighted by atomic mass is 10.1. The molecule has 0 aromatic heterocycles. The summed E-state index contributed by atoms with van der Waals surface area (Å²) in [5.41, 5.74) is -1.63. The number of amides is 1. The molecule has 6 nitrogen and oxygen atoms in total. The van der Waals surface area contributed by atoms with Gasteiger partial charge in [0.25, 0.3) is 5.69 Å². The molecule has 0 saturated carbocycles. The highest BCUT2D eigenvalue weighted by molar-refractivity contribution is 5.91. The van der Waals surface area contributed by atoms with E-state index in [0.29, 0.717) is 17.8 Å². The van der Waals surface area contributed by atoms with E-state index in [1.165, 1.54) is 24.3 Å². The van der Waals surface area contributed by atoms with Crippen molar-refractivity contribution in [1.29, 1.82) is 0 Å². The Morgan fingerprint density at radius 3 is 2.35 bits per heavy atom. The number of nitrogens with zero attached hydrogens (tertiary/aromatic N) is 1. The third-order valence-corrected chi connectivity index (χ3v) is 3.32. The minimum absolute atomic E-state index is 0.0424. The van der Waals surface area contributed by atoms with Gasteiger partial charge in [0.05, 0.1) is 10.5 Å². The van der Waals surface area contributed by atoms with Crippen LogP contribution in [0.3, 0.4) is 0 Å². The lowest BCUT2D eigenvalue weighted by Crippen LogP contribution is -2.16. The Kier molecular flexibility index (Phi) is 5.75. The van der Waals surface area contributed by atoms with Crippen LogP contribution in [0, 0.1) is 15.9 Å². The SMILES string of the molecule is O=C(CCNc1ccc(C(F)(F)F)cc1[N+](=O)[O-])Nc1ccc(F)cc1. The summed E-state index contributed by atoms with van der Waals surface area (Å²) in [6.45, 7) is -0.0424. The maximum atomic E-state index is 12.8. The first-order chi connectivity index (χ1) is 12.2. The molecule has 26 heavy (non-hydrogen) atoms. The Bertz CT molecular complexity index is 807. The molecule has 0 saturated heterocycles. The number of alkyl halides is 3. The molecule has 0 spiro atoms. The zero-order valence-electron chi connectivity index (χ0n) is 13.1. The van der Waals surface area contributed by atoms with Gasteiger partial charge in [-0.05, 0) is 36.4 Å². The molecule has 2 aromatic rings. The molecule has 0 aliphatic carbocycles. The van der Waals surface area contributed by atoms with Crippen LogP contribution in [0.5, 0.6) is 0 Å². The van der Waals surface area contributed by atoms with Crippen molar-refractivity contribution in [2.45, 2.75) is 12.6 Å². The molecule has 2 N–H and O–H groups in total. The van der Waals surface area contributed by atoms with Gasteiger partial charge >= 0.3 is 6.18 Å².